The van der Waals surface area contributed by atoms with E-state index in [1.165, 1.54) is 32.4 Å². The quantitative estimate of drug-likeness (QED) is 0.471. The van der Waals surface area contributed by atoms with Crippen LogP contribution in [0.4, 0.5) is 11.4 Å². The van der Waals surface area contributed by atoms with Gasteiger partial charge in [0, 0.05) is 36.8 Å². The van der Waals surface area contributed by atoms with Crippen molar-refractivity contribution in [3.05, 3.63) is 42.5 Å². The molecule has 0 heterocycles. The number of methoxy groups -OCH3 is 2. The Morgan fingerprint density at radius 1 is 0.875 bits per heavy atom. The third-order valence-electron chi connectivity index (χ3n) is 4.36. The van der Waals surface area contributed by atoms with E-state index in [0.717, 1.165) is 0 Å². The van der Waals surface area contributed by atoms with Gasteiger partial charge in [0.15, 0.2) is 11.5 Å². The summed E-state index contributed by atoms with van der Waals surface area (Å²) in [6, 6.07) is 10.9. The summed E-state index contributed by atoms with van der Waals surface area (Å²) in [5, 5.41) is 5.48. The second-order valence-corrected chi connectivity index (χ2v) is 9.20. The van der Waals surface area contributed by atoms with Gasteiger partial charge in [-0.05, 0) is 42.3 Å². The first-order valence-corrected chi connectivity index (χ1v) is 11.5. The van der Waals surface area contributed by atoms with Crippen molar-refractivity contribution in [1.29, 1.82) is 0 Å². The van der Waals surface area contributed by atoms with E-state index >= 15 is 0 Å². The minimum Gasteiger partial charge on any atom is -0.493 e. The van der Waals surface area contributed by atoms with Gasteiger partial charge in [0.25, 0.3) is 0 Å². The molecule has 32 heavy (non-hydrogen) atoms. The maximum Gasteiger partial charge on any atom is 0.240 e. The lowest BCUT2D eigenvalue weighted by atomic mass is 10.1. The molecule has 0 aliphatic carbocycles. The number of anilines is 2. The Balaban J connectivity index is 1.86. The summed E-state index contributed by atoms with van der Waals surface area (Å²) in [4.78, 5) is 24.0. The molecule has 0 atom stereocenters. The number of carbonyl (C=O) groups is 2. The molecule has 0 aliphatic heterocycles. The summed E-state index contributed by atoms with van der Waals surface area (Å²) in [5.41, 5.74) is 1.18. The van der Waals surface area contributed by atoms with Gasteiger partial charge in [-0.3, -0.25) is 9.59 Å². The Hall–Kier alpha value is -3.11. The number of hydrogen-bond acceptors (Lipinski definition) is 6. The van der Waals surface area contributed by atoms with E-state index in [4.69, 9.17) is 9.47 Å². The molecule has 0 radical (unpaired) electrons. The molecule has 9 nitrogen and oxygen atoms in total. The largest absolute Gasteiger partial charge is 0.493 e. The molecule has 2 aromatic rings. The smallest absolute Gasteiger partial charge is 0.240 e. The molecule has 174 valence electrons. The fraction of sp³-hybridized carbons (Fsp3) is 0.364. The van der Waals surface area contributed by atoms with Gasteiger partial charge >= 0.3 is 0 Å². The number of hydrogen-bond donors (Lipinski definition) is 3. The highest BCUT2D eigenvalue weighted by atomic mass is 32.2. The zero-order valence-electron chi connectivity index (χ0n) is 18.6. The maximum atomic E-state index is 12.5. The van der Waals surface area contributed by atoms with Crippen molar-refractivity contribution in [2.24, 2.45) is 5.92 Å². The normalized spacial score (nSPS) is 11.2. The molecule has 0 aliphatic rings. The average Bonchev–Trinajstić information content (AvgIpc) is 2.73. The van der Waals surface area contributed by atoms with Crippen LogP contribution in [0.3, 0.4) is 0 Å². The SMILES string of the molecule is COc1ccc(S(=O)(=O)NCCC(=O)Nc2ccc(NC(=O)CC(C)C)cc2)cc1OC. The third kappa shape index (κ3) is 7.54. The monoisotopic (exact) mass is 463 g/mol. The number of rotatable bonds is 11. The Morgan fingerprint density at radius 3 is 1.97 bits per heavy atom. The summed E-state index contributed by atoms with van der Waals surface area (Å²) in [6.07, 6.45) is 0.372. The van der Waals surface area contributed by atoms with Gasteiger partial charge in [0.1, 0.15) is 0 Å². The van der Waals surface area contributed by atoms with Crippen molar-refractivity contribution < 1.29 is 27.5 Å². The van der Waals surface area contributed by atoms with Crippen LogP contribution in [0.15, 0.2) is 47.4 Å². The Labute approximate surface area is 188 Å². The zero-order chi connectivity index (χ0) is 23.7. The minimum absolute atomic E-state index is 0.00524. The van der Waals surface area contributed by atoms with Gasteiger partial charge in [0.05, 0.1) is 19.1 Å². The van der Waals surface area contributed by atoms with Crippen LogP contribution in [0.25, 0.3) is 0 Å². The first-order valence-electron chi connectivity index (χ1n) is 10.1. The minimum atomic E-state index is -3.82. The Bertz CT molecular complexity index is 1040. The Morgan fingerprint density at radius 2 is 1.44 bits per heavy atom. The standard InChI is InChI=1S/C22H29N3O6S/c1-15(2)13-22(27)25-17-7-5-16(6-8-17)24-21(26)11-12-23-32(28,29)18-9-10-19(30-3)20(14-18)31-4/h5-10,14-15,23H,11-13H2,1-4H3,(H,24,26)(H,25,27). The Kier molecular flexibility index (Phi) is 9.03. The lowest BCUT2D eigenvalue weighted by Gasteiger charge is -2.11. The molecule has 0 bridgehead atoms. The van der Waals surface area contributed by atoms with Gasteiger partial charge in [-0.15, -0.1) is 0 Å². The third-order valence-corrected chi connectivity index (χ3v) is 5.81. The summed E-state index contributed by atoms with van der Waals surface area (Å²) < 4.78 is 37.5. The second-order valence-electron chi connectivity index (χ2n) is 7.44. The van der Waals surface area contributed by atoms with Crippen LogP contribution in [0.1, 0.15) is 26.7 Å². The molecular formula is C22H29N3O6S. The van der Waals surface area contributed by atoms with Crippen LogP contribution >= 0.6 is 0 Å². The number of amides is 2. The molecule has 2 rings (SSSR count). The first kappa shape index (κ1) is 25.2. The molecule has 0 saturated carbocycles. The van der Waals surface area contributed by atoms with Crippen LogP contribution in [-0.2, 0) is 19.6 Å². The lowest BCUT2D eigenvalue weighted by molar-refractivity contribution is -0.117. The highest BCUT2D eigenvalue weighted by molar-refractivity contribution is 7.89. The molecule has 0 spiro atoms. The van der Waals surface area contributed by atoms with E-state index in [0.29, 0.717) is 23.5 Å². The van der Waals surface area contributed by atoms with Crippen molar-refractivity contribution in [3.8, 4) is 11.5 Å². The average molecular weight is 464 g/mol. The van der Waals surface area contributed by atoms with E-state index < -0.39 is 10.0 Å². The van der Waals surface area contributed by atoms with Crippen LogP contribution in [-0.4, -0.2) is 41.0 Å². The number of ether oxygens (including phenoxy) is 2. The highest BCUT2D eigenvalue weighted by Gasteiger charge is 2.17. The molecule has 0 unspecified atom stereocenters. The summed E-state index contributed by atoms with van der Waals surface area (Å²) in [7, 11) is -0.946. The van der Waals surface area contributed by atoms with Gasteiger partial charge in [-0.25, -0.2) is 13.1 Å². The van der Waals surface area contributed by atoms with Crippen LogP contribution in [0, 0.1) is 5.92 Å². The van der Waals surface area contributed by atoms with Crippen molar-refractivity contribution >= 4 is 33.2 Å². The van der Waals surface area contributed by atoms with E-state index in [1.807, 2.05) is 13.8 Å². The summed E-state index contributed by atoms with van der Waals surface area (Å²) in [5.74, 6) is 0.543. The molecule has 0 fully saturated rings. The van der Waals surface area contributed by atoms with Crippen LogP contribution in [0.5, 0.6) is 11.5 Å². The first-order chi connectivity index (χ1) is 15.1. The molecule has 0 saturated heterocycles. The zero-order valence-corrected chi connectivity index (χ0v) is 19.4. The van der Waals surface area contributed by atoms with E-state index in [-0.39, 0.29) is 41.3 Å². The van der Waals surface area contributed by atoms with Gasteiger partial charge in [-0.2, -0.15) is 0 Å². The van der Waals surface area contributed by atoms with E-state index in [1.54, 1.807) is 24.3 Å². The van der Waals surface area contributed by atoms with Gasteiger partial charge < -0.3 is 20.1 Å². The molecule has 2 aromatic carbocycles. The highest BCUT2D eigenvalue weighted by Crippen LogP contribution is 2.29. The van der Waals surface area contributed by atoms with Crippen molar-refractivity contribution in [1.82, 2.24) is 4.72 Å². The molecular weight excluding hydrogens is 434 g/mol. The summed E-state index contributed by atoms with van der Waals surface area (Å²) in [6.45, 7) is 3.85. The van der Waals surface area contributed by atoms with Crippen molar-refractivity contribution in [3.63, 3.8) is 0 Å². The van der Waals surface area contributed by atoms with Crippen LogP contribution in [0.2, 0.25) is 0 Å². The number of benzene rings is 2. The fourth-order valence-corrected chi connectivity index (χ4v) is 3.86. The molecule has 10 heteroatoms. The predicted octanol–water partition coefficient (Wildman–Crippen LogP) is 3.00. The van der Waals surface area contributed by atoms with Gasteiger partial charge in [0.2, 0.25) is 21.8 Å². The van der Waals surface area contributed by atoms with Crippen LogP contribution < -0.4 is 24.8 Å². The number of sulfonamides is 1. The summed E-state index contributed by atoms with van der Waals surface area (Å²) >= 11 is 0. The topological polar surface area (TPSA) is 123 Å². The number of nitrogens with one attached hydrogen (secondary N) is 3. The molecule has 3 N–H and O–H groups in total. The van der Waals surface area contributed by atoms with E-state index in [9.17, 15) is 18.0 Å². The van der Waals surface area contributed by atoms with Gasteiger partial charge in [-0.1, -0.05) is 13.8 Å². The fourth-order valence-electron chi connectivity index (χ4n) is 2.81. The maximum absolute atomic E-state index is 12.5. The molecule has 0 aromatic heterocycles. The predicted molar refractivity (Wildman–Crippen MR) is 123 cm³/mol. The number of carbonyl (C=O) groups excluding carboxylic acids is 2. The second kappa shape index (κ2) is 11.5. The lowest BCUT2D eigenvalue weighted by Crippen LogP contribution is -2.27. The van der Waals surface area contributed by atoms with E-state index in [2.05, 4.69) is 15.4 Å². The molecule has 2 amide bonds. The van der Waals surface area contributed by atoms with Crippen molar-refractivity contribution in [2.45, 2.75) is 31.6 Å². The van der Waals surface area contributed by atoms with Crippen molar-refractivity contribution in [2.75, 3.05) is 31.4 Å².